The highest BCUT2D eigenvalue weighted by Gasteiger charge is 2.43. The second-order valence-corrected chi connectivity index (χ2v) is 9.43. The number of Topliss-reactive ketones (excluding diaryl/α,β-unsaturated/α-hetero) is 2. The average molecular weight is 432 g/mol. The number of ketones is 2. The summed E-state index contributed by atoms with van der Waals surface area (Å²) in [6, 6.07) is 4.57. The van der Waals surface area contributed by atoms with Crippen LogP contribution in [0.3, 0.4) is 0 Å². The fourth-order valence-corrected chi connectivity index (χ4v) is 5.58. The number of carbonyl (C=O) groups is 2. The number of allylic oxidation sites excluding steroid dienone is 4. The van der Waals surface area contributed by atoms with Crippen molar-refractivity contribution in [3.05, 3.63) is 46.4 Å². The summed E-state index contributed by atoms with van der Waals surface area (Å²) < 4.78 is 39.3. The van der Waals surface area contributed by atoms with Gasteiger partial charge in [-0.1, -0.05) is 6.92 Å². The van der Waals surface area contributed by atoms with E-state index in [0.717, 1.165) is 0 Å². The summed E-state index contributed by atoms with van der Waals surface area (Å²) in [6.07, 6.45) is 3.42. The first-order chi connectivity index (χ1) is 14.4. The third-order valence-electron chi connectivity index (χ3n) is 5.80. The van der Waals surface area contributed by atoms with Crippen LogP contribution in [0.4, 0.5) is 0 Å². The molecule has 8 heteroatoms. The Labute approximate surface area is 176 Å². The van der Waals surface area contributed by atoms with E-state index in [1.165, 1.54) is 19.2 Å². The summed E-state index contributed by atoms with van der Waals surface area (Å²) in [5.74, 6) is 0.851. The Hall–Kier alpha value is -2.45. The second-order valence-electron chi connectivity index (χ2n) is 7.67. The van der Waals surface area contributed by atoms with Crippen molar-refractivity contribution in [3.8, 4) is 5.75 Å². The molecule has 0 fully saturated rings. The lowest BCUT2D eigenvalue weighted by Gasteiger charge is -2.36. The zero-order valence-electron chi connectivity index (χ0n) is 17.1. The lowest BCUT2D eigenvalue weighted by Crippen LogP contribution is -2.31. The van der Waals surface area contributed by atoms with Gasteiger partial charge >= 0.3 is 0 Å². The van der Waals surface area contributed by atoms with Crippen molar-refractivity contribution in [2.24, 2.45) is 0 Å². The topological polar surface area (TPSA) is 98.8 Å². The predicted molar refractivity (Wildman–Crippen MR) is 109 cm³/mol. The fourth-order valence-electron chi connectivity index (χ4n) is 4.51. The van der Waals surface area contributed by atoms with Crippen LogP contribution < -0.4 is 9.46 Å². The highest BCUT2D eigenvalue weighted by atomic mass is 32.2. The first-order valence-corrected chi connectivity index (χ1v) is 11.7. The summed E-state index contributed by atoms with van der Waals surface area (Å²) in [5.41, 5.74) is 1.43. The largest absolute Gasteiger partial charge is 0.496 e. The quantitative estimate of drug-likeness (QED) is 0.769. The van der Waals surface area contributed by atoms with Crippen LogP contribution in [-0.2, 0) is 24.3 Å². The maximum atomic E-state index is 12.9. The van der Waals surface area contributed by atoms with Crippen LogP contribution in [0.15, 0.2) is 45.8 Å². The van der Waals surface area contributed by atoms with Crippen LogP contribution in [-0.4, -0.2) is 33.6 Å². The van der Waals surface area contributed by atoms with Crippen molar-refractivity contribution in [1.29, 1.82) is 0 Å². The van der Waals surface area contributed by atoms with Crippen LogP contribution >= 0.6 is 0 Å². The van der Waals surface area contributed by atoms with Gasteiger partial charge in [0.05, 0.1) is 17.9 Å². The van der Waals surface area contributed by atoms with Crippen molar-refractivity contribution >= 4 is 21.6 Å². The Balaban J connectivity index is 1.96. The molecular formula is C22H25NO6S. The Kier molecular flexibility index (Phi) is 5.55. The van der Waals surface area contributed by atoms with E-state index < -0.39 is 15.9 Å². The van der Waals surface area contributed by atoms with Crippen molar-refractivity contribution in [1.82, 2.24) is 4.72 Å². The number of ether oxygens (including phenoxy) is 2. The molecule has 4 rings (SSSR count). The van der Waals surface area contributed by atoms with Gasteiger partial charge in [0.25, 0.3) is 0 Å². The molecule has 0 bridgehead atoms. The Morgan fingerprint density at radius 1 is 1.03 bits per heavy atom. The van der Waals surface area contributed by atoms with Gasteiger partial charge in [-0.25, -0.2) is 13.1 Å². The minimum Gasteiger partial charge on any atom is -0.496 e. The van der Waals surface area contributed by atoms with E-state index in [1.807, 2.05) is 0 Å². The molecule has 0 amide bonds. The lowest BCUT2D eigenvalue weighted by atomic mass is 9.73. The maximum Gasteiger partial charge on any atom is 0.240 e. The first-order valence-electron chi connectivity index (χ1n) is 10.2. The normalized spacial score (nSPS) is 20.1. The molecule has 0 unspecified atom stereocenters. The van der Waals surface area contributed by atoms with Gasteiger partial charge in [0, 0.05) is 48.9 Å². The number of nitrogens with one attached hydrogen (secondary N) is 1. The van der Waals surface area contributed by atoms with E-state index in [-0.39, 0.29) is 23.0 Å². The summed E-state index contributed by atoms with van der Waals surface area (Å²) in [5, 5.41) is 0. The molecule has 2 aliphatic carbocycles. The zero-order valence-corrected chi connectivity index (χ0v) is 17.9. The summed E-state index contributed by atoms with van der Waals surface area (Å²) in [6.45, 7) is 1.96. The van der Waals surface area contributed by atoms with Gasteiger partial charge < -0.3 is 9.47 Å². The fraction of sp³-hybridized carbons (Fsp3) is 0.455. The predicted octanol–water partition coefficient (Wildman–Crippen LogP) is 3.12. The Morgan fingerprint density at radius 3 is 2.17 bits per heavy atom. The van der Waals surface area contributed by atoms with E-state index in [1.54, 1.807) is 13.0 Å². The molecular weight excluding hydrogens is 406 g/mol. The van der Waals surface area contributed by atoms with Gasteiger partial charge in [0.1, 0.15) is 17.3 Å². The third kappa shape index (κ3) is 3.48. The van der Waals surface area contributed by atoms with Gasteiger partial charge in [0.2, 0.25) is 10.0 Å². The molecule has 160 valence electrons. The van der Waals surface area contributed by atoms with Crippen LogP contribution in [0.5, 0.6) is 5.75 Å². The minimum absolute atomic E-state index is 0.0619. The van der Waals surface area contributed by atoms with Crippen LogP contribution in [0.1, 0.15) is 56.9 Å². The molecule has 1 aliphatic heterocycles. The van der Waals surface area contributed by atoms with E-state index >= 15 is 0 Å². The van der Waals surface area contributed by atoms with Crippen LogP contribution in [0.25, 0.3) is 0 Å². The number of sulfonamides is 1. The van der Waals surface area contributed by atoms with Crippen molar-refractivity contribution in [3.63, 3.8) is 0 Å². The summed E-state index contributed by atoms with van der Waals surface area (Å²) in [4.78, 5) is 25.9. The minimum atomic E-state index is -3.72. The van der Waals surface area contributed by atoms with Crippen LogP contribution in [0.2, 0.25) is 0 Å². The van der Waals surface area contributed by atoms with Gasteiger partial charge in [-0.2, -0.15) is 0 Å². The first kappa shape index (κ1) is 20.8. The van der Waals surface area contributed by atoms with Gasteiger partial charge in [-0.05, 0) is 31.0 Å². The molecule has 1 heterocycles. The monoisotopic (exact) mass is 431 g/mol. The highest BCUT2D eigenvalue weighted by molar-refractivity contribution is 7.89. The molecule has 1 aromatic carbocycles. The molecule has 0 radical (unpaired) electrons. The zero-order chi connectivity index (χ0) is 21.5. The second kappa shape index (κ2) is 8.00. The summed E-state index contributed by atoms with van der Waals surface area (Å²) in [7, 11) is -2.23. The number of methoxy groups -OCH3 is 1. The van der Waals surface area contributed by atoms with Gasteiger partial charge in [0.15, 0.2) is 11.6 Å². The van der Waals surface area contributed by atoms with E-state index in [4.69, 9.17) is 9.47 Å². The molecule has 0 atom stereocenters. The number of carbonyl (C=O) groups excluding carboxylic acids is 2. The van der Waals surface area contributed by atoms with E-state index in [0.29, 0.717) is 72.5 Å². The number of benzene rings is 1. The van der Waals surface area contributed by atoms with Gasteiger partial charge in [-0.15, -0.1) is 0 Å². The number of hydrogen-bond donors (Lipinski definition) is 1. The highest BCUT2D eigenvalue weighted by Crippen LogP contribution is 2.49. The lowest BCUT2D eigenvalue weighted by molar-refractivity contribution is -0.117. The molecule has 0 aromatic heterocycles. The SMILES string of the molecule is CCNS(=O)(=O)c1ccc(OC)c(C2C3=C(CCCC3=O)OC3=C2C(=O)CCC3)c1. The summed E-state index contributed by atoms with van der Waals surface area (Å²) >= 11 is 0. The third-order valence-corrected chi connectivity index (χ3v) is 7.34. The van der Waals surface area contributed by atoms with Crippen molar-refractivity contribution in [2.75, 3.05) is 13.7 Å². The molecule has 3 aliphatic rings. The molecule has 0 spiro atoms. The van der Waals surface area contributed by atoms with Crippen molar-refractivity contribution < 1.29 is 27.5 Å². The smallest absolute Gasteiger partial charge is 0.240 e. The van der Waals surface area contributed by atoms with E-state index in [2.05, 4.69) is 4.72 Å². The molecule has 0 saturated heterocycles. The molecule has 7 nitrogen and oxygen atoms in total. The molecule has 1 N–H and O–H groups in total. The standard InChI is InChI=1S/C22H25NO6S/c1-3-23-30(26,27)13-10-11-17(28-2)14(12-13)20-21-15(24)6-4-8-18(21)29-19-9-5-7-16(25)22(19)20/h10-12,20,23H,3-9H2,1-2H3. The average Bonchev–Trinajstić information content (AvgIpc) is 2.72. The van der Waals surface area contributed by atoms with E-state index in [9.17, 15) is 18.0 Å². The number of rotatable bonds is 5. The maximum absolute atomic E-state index is 12.9. The van der Waals surface area contributed by atoms with Crippen molar-refractivity contribution in [2.45, 2.75) is 56.3 Å². The van der Waals surface area contributed by atoms with Gasteiger partial charge in [-0.3, -0.25) is 9.59 Å². The Bertz CT molecular complexity index is 1040. The van der Waals surface area contributed by atoms with Crippen LogP contribution in [0, 0.1) is 0 Å². The Morgan fingerprint density at radius 2 is 1.63 bits per heavy atom. The molecule has 0 saturated carbocycles. The molecule has 30 heavy (non-hydrogen) atoms. The number of hydrogen-bond acceptors (Lipinski definition) is 6. The molecule has 1 aromatic rings.